The maximum atomic E-state index is 8.89. The number of fused-ring (bicyclic) bond motifs is 1. The summed E-state index contributed by atoms with van der Waals surface area (Å²) in [5.41, 5.74) is 1.12. The molecule has 2 aromatic heterocycles. The van der Waals surface area contributed by atoms with Crippen molar-refractivity contribution in [2.75, 3.05) is 0 Å². The fraction of sp³-hybridized carbons (Fsp3) is 0.167. The number of rotatable bonds is 1. The molecule has 6 heteroatoms. The van der Waals surface area contributed by atoms with E-state index >= 15 is 0 Å². The van der Waals surface area contributed by atoms with E-state index in [1.54, 1.807) is 6.20 Å². The van der Waals surface area contributed by atoms with Gasteiger partial charge in [-0.25, -0.2) is 14.1 Å². The van der Waals surface area contributed by atoms with Crippen LogP contribution in [0.1, 0.15) is 5.69 Å². The van der Waals surface area contributed by atoms with Gasteiger partial charge in [0.2, 0.25) is 0 Å². The van der Waals surface area contributed by atoms with E-state index in [0.717, 1.165) is 5.39 Å². The van der Waals surface area contributed by atoms with E-state index < -0.39 is 0 Å². The Morgan fingerprint density at radius 2 is 2.33 bits per heavy atom. The molecule has 0 atom stereocenters. The molecule has 2 rings (SSSR count). The first kappa shape index (κ1) is 7.51. The molecule has 0 saturated heterocycles. The molecule has 0 aliphatic heterocycles. The number of nitrogens with zero attached hydrogens (tertiary/aromatic N) is 4. The van der Waals surface area contributed by atoms with Gasteiger partial charge in [0, 0.05) is 6.20 Å². The molecule has 0 aliphatic rings. The van der Waals surface area contributed by atoms with Crippen LogP contribution in [0.15, 0.2) is 12.5 Å². The Morgan fingerprint density at radius 1 is 1.50 bits per heavy atom. The molecule has 0 unspecified atom stereocenters. The van der Waals surface area contributed by atoms with Gasteiger partial charge in [-0.15, -0.1) is 5.10 Å². The lowest BCUT2D eigenvalue weighted by Crippen LogP contribution is -1.90. The molecule has 0 bridgehead atoms. The summed E-state index contributed by atoms with van der Waals surface area (Å²) in [7, 11) is 0. The first-order valence-electron chi connectivity index (χ1n) is 3.30. The summed E-state index contributed by atoms with van der Waals surface area (Å²) < 4.78 is 1.35. The average molecular weight is 182 g/mol. The third-order valence-electron chi connectivity index (χ3n) is 1.54. The van der Waals surface area contributed by atoms with Crippen LogP contribution < -0.4 is 0 Å². The van der Waals surface area contributed by atoms with Crippen molar-refractivity contribution in [1.82, 2.24) is 19.2 Å². The Balaban J connectivity index is 2.78. The van der Waals surface area contributed by atoms with Gasteiger partial charge in [-0.2, -0.15) is 0 Å². The van der Waals surface area contributed by atoms with Crippen molar-refractivity contribution in [2.24, 2.45) is 0 Å². The number of hydrogen-bond acceptors (Lipinski definition) is 5. The standard InChI is InChI=1S/C6H6N4OS/c11-2-5-4-1-10(12)9-6(4)8-3-7-5/h1,3,11-12H,2H2. The zero-order valence-corrected chi connectivity index (χ0v) is 6.94. The Hall–Kier alpha value is -1.14. The van der Waals surface area contributed by atoms with Crippen LogP contribution in [0.25, 0.3) is 11.0 Å². The summed E-state index contributed by atoms with van der Waals surface area (Å²) in [5.74, 6) is 0. The second-order valence-electron chi connectivity index (χ2n) is 2.27. The fourth-order valence-corrected chi connectivity index (χ4v) is 1.20. The lowest BCUT2D eigenvalue weighted by atomic mass is 10.3. The largest absolute Gasteiger partial charge is 0.390 e. The third-order valence-corrected chi connectivity index (χ3v) is 1.74. The molecule has 0 saturated carbocycles. The first-order valence-corrected chi connectivity index (χ1v) is 3.70. The van der Waals surface area contributed by atoms with Gasteiger partial charge in [0.15, 0.2) is 5.65 Å². The van der Waals surface area contributed by atoms with Crippen molar-refractivity contribution < 1.29 is 5.11 Å². The lowest BCUT2D eigenvalue weighted by Gasteiger charge is -1.92. The van der Waals surface area contributed by atoms with E-state index in [1.807, 2.05) is 0 Å². The van der Waals surface area contributed by atoms with Crippen LogP contribution in [0.3, 0.4) is 0 Å². The molecule has 2 heterocycles. The third kappa shape index (κ3) is 1.05. The van der Waals surface area contributed by atoms with Crippen LogP contribution in [0.4, 0.5) is 0 Å². The highest BCUT2D eigenvalue weighted by Crippen LogP contribution is 2.12. The molecule has 1 N–H and O–H groups in total. The van der Waals surface area contributed by atoms with Gasteiger partial charge >= 0.3 is 0 Å². The highest BCUT2D eigenvalue weighted by Gasteiger charge is 2.05. The maximum Gasteiger partial charge on any atom is 0.185 e. The van der Waals surface area contributed by atoms with Gasteiger partial charge in [0.05, 0.1) is 17.7 Å². The second-order valence-corrected chi connectivity index (χ2v) is 2.68. The van der Waals surface area contributed by atoms with E-state index in [1.165, 1.54) is 10.4 Å². The molecule has 0 radical (unpaired) electrons. The van der Waals surface area contributed by atoms with Crippen LogP contribution in [-0.4, -0.2) is 24.3 Å². The summed E-state index contributed by atoms with van der Waals surface area (Å²) in [5, 5.41) is 13.6. The molecule has 0 aromatic carbocycles. The second kappa shape index (κ2) is 2.72. The summed E-state index contributed by atoms with van der Waals surface area (Å²) in [6, 6.07) is 0. The average Bonchev–Trinajstić information content (AvgIpc) is 2.44. The summed E-state index contributed by atoms with van der Waals surface area (Å²) in [6.45, 7) is -0.113. The minimum Gasteiger partial charge on any atom is -0.390 e. The summed E-state index contributed by atoms with van der Waals surface area (Å²) >= 11 is 3.99. The highest BCUT2D eigenvalue weighted by molar-refractivity contribution is 7.78. The van der Waals surface area contributed by atoms with Crippen molar-refractivity contribution in [3.63, 3.8) is 0 Å². The quantitative estimate of drug-likeness (QED) is 0.610. The van der Waals surface area contributed by atoms with E-state index in [-0.39, 0.29) is 6.61 Å². The highest BCUT2D eigenvalue weighted by atomic mass is 32.1. The number of thiol groups is 1. The van der Waals surface area contributed by atoms with Gasteiger partial charge < -0.3 is 5.11 Å². The number of aromatic nitrogens is 4. The Kier molecular flexibility index (Phi) is 1.70. The number of hydrogen-bond donors (Lipinski definition) is 2. The molecule has 0 fully saturated rings. The van der Waals surface area contributed by atoms with E-state index in [2.05, 4.69) is 27.9 Å². The SMILES string of the molecule is OCc1ncnc2nn(S)cc12. The molecule has 5 nitrogen and oxygen atoms in total. The lowest BCUT2D eigenvalue weighted by molar-refractivity contribution is 0.278. The predicted octanol–water partition coefficient (Wildman–Crippen LogP) is 0.0115. The number of aliphatic hydroxyl groups excluding tert-OH is 1. The number of aliphatic hydroxyl groups is 1. The van der Waals surface area contributed by atoms with Gasteiger partial charge in [-0.1, -0.05) is 0 Å². The van der Waals surface area contributed by atoms with Crippen LogP contribution in [0, 0.1) is 0 Å². The summed E-state index contributed by atoms with van der Waals surface area (Å²) in [4.78, 5) is 7.80. The van der Waals surface area contributed by atoms with Gasteiger partial charge in [-0.3, -0.25) is 0 Å². The van der Waals surface area contributed by atoms with Crippen LogP contribution in [-0.2, 0) is 6.61 Å². The molecule has 0 spiro atoms. The monoisotopic (exact) mass is 182 g/mol. The van der Waals surface area contributed by atoms with Crippen molar-refractivity contribution in [3.8, 4) is 0 Å². The zero-order chi connectivity index (χ0) is 8.55. The Morgan fingerprint density at radius 3 is 3.08 bits per heavy atom. The van der Waals surface area contributed by atoms with E-state index in [0.29, 0.717) is 11.3 Å². The first-order chi connectivity index (χ1) is 5.81. The normalized spacial score (nSPS) is 10.8. The smallest absolute Gasteiger partial charge is 0.185 e. The molecule has 62 valence electrons. The fourth-order valence-electron chi connectivity index (χ4n) is 1.00. The van der Waals surface area contributed by atoms with Crippen LogP contribution in [0.5, 0.6) is 0 Å². The topological polar surface area (TPSA) is 63.8 Å². The van der Waals surface area contributed by atoms with Crippen molar-refractivity contribution >= 4 is 23.8 Å². The van der Waals surface area contributed by atoms with Gasteiger partial charge in [-0.05, 0) is 12.8 Å². The van der Waals surface area contributed by atoms with Crippen LogP contribution in [0.2, 0.25) is 0 Å². The molecule has 2 aromatic rings. The zero-order valence-electron chi connectivity index (χ0n) is 6.05. The maximum absolute atomic E-state index is 8.89. The van der Waals surface area contributed by atoms with Crippen molar-refractivity contribution in [1.29, 1.82) is 0 Å². The Labute approximate surface area is 73.6 Å². The van der Waals surface area contributed by atoms with Crippen molar-refractivity contribution in [2.45, 2.75) is 6.61 Å². The van der Waals surface area contributed by atoms with Crippen molar-refractivity contribution in [3.05, 3.63) is 18.2 Å². The minimum atomic E-state index is -0.113. The van der Waals surface area contributed by atoms with Gasteiger partial charge in [0.25, 0.3) is 0 Å². The predicted molar refractivity (Wildman–Crippen MR) is 45.6 cm³/mol. The minimum absolute atomic E-state index is 0.113. The van der Waals surface area contributed by atoms with E-state index in [9.17, 15) is 0 Å². The Bertz CT molecular complexity index is 413. The van der Waals surface area contributed by atoms with Crippen LogP contribution >= 0.6 is 12.8 Å². The molecule has 0 amide bonds. The van der Waals surface area contributed by atoms with E-state index in [4.69, 9.17) is 5.11 Å². The molecule has 12 heavy (non-hydrogen) atoms. The molecular weight excluding hydrogens is 176 g/mol. The summed E-state index contributed by atoms with van der Waals surface area (Å²) in [6.07, 6.45) is 3.03. The van der Waals surface area contributed by atoms with Gasteiger partial charge in [0.1, 0.15) is 6.33 Å². The molecular formula is C6H6N4OS. The molecule has 0 aliphatic carbocycles.